The number of sulfonamides is 1. The van der Waals surface area contributed by atoms with Gasteiger partial charge in [-0.25, -0.2) is 17.9 Å². The Kier molecular flexibility index (Phi) is 7.51. The van der Waals surface area contributed by atoms with Gasteiger partial charge in [0, 0.05) is 18.8 Å². The Morgan fingerprint density at radius 3 is 2.52 bits per heavy atom. The highest BCUT2D eigenvalue weighted by atomic mass is 32.2. The zero-order valence-electron chi connectivity index (χ0n) is 13.9. The van der Waals surface area contributed by atoms with Gasteiger partial charge in [0.25, 0.3) is 0 Å². The first-order chi connectivity index (χ1) is 10.8. The van der Waals surface area contributed by atoms with Gasteiger partial charge in [0.15, 0.2) is 0 Å². The van der Waals surface area contributed by atoms with Gasteiger partial charge in [-0.2, -0.15) is 0 Å². The third-order valence-electron chi connectivity index (χ3n) is 3.31. The minimum atomic E-state index is -3.70. The lowest BCUT2D eigenvalue weighted by Gasteiger charge is -2.13. The van der Waals surface area contributed by atoms with Crippen molar-refractivity contribution in [3.63, 3.8) is 0 Å². The first-order valence-corrected chi connectivity index (χ1v) is 9.37. The molecule has 3 N–H and O–H groups in total. The van der Waals surface area contributed by atoms with Crippen LogP contribution in [0.4, 0.5) is 5.69 Å². The average Bonchev–Trinajstić information content (AvgIpc) is 2.49. The molecule has 7 heteroatoms. The molecule has 130 valence electrons. The summed E-state index contributed by atoms with van der Waals surface area (Å²) in [4.78, 5) is 11.4. The van der Waals surface area contributed by atoms with Crippen LogP contribution in [0.3, 0.4) is 0 Å². The van der Waals surface area contributed by atoms with Crippen LogP contribution in [-0.4, -0.2) is 32.6 Å². The number of aromatic carboxylic acids is 1. The summed E-state index contributed by atoms with van der Waals surface area (Å²) in [5.41, 5.74) is 0.408. The molecular weight excluding hydrogens is 316 g/mol. The number of unbranched alkanes of at least 4 members (excludes halogenated alkanes) is 2. The second kappa shape index (κ2) is 8.88. The fraction of sp³-hybridized carbons (Fsp3) is 0.562. The Bertz CT molecular complexity index is 627. The molecule has 0 saturated heterocycles. The topological polar surface area (TPSA) is 95.5 Å². The molecular formula is C16H26N2O4S. The predicted molar refractivity (Wildman–Crippen MR) is 91.4 cm³/mol. The van der Waals surface area contributed by atoms with Crippen LogP contribution >= 0.6 is 0 Å². The summed E-state index contributed by atoms with van der Waals surface area (Å²) in [6.45, 7) is 6.85. The van der Waals surface area contributed by atoms with Gasteiger partial charge in [-0.05, 0) is 30.5 Å². The van der Waals surface area contributed by atoms with Crippen LogP contribution in [0.2, 0.25) is 0 Å². The van der Waals surface area contributed by atoms with Gasteiger partial charge in [-0.15, -0.1) is 0 Å². The number of nitrogens with one attached hydrogen (secondary N) is 2. The van der Waals surface area contributed by atoms with Crippen molar-refractivity contribution in [2.75, 3.05) is 18.4 Å². The smallest absolute Gasteiger partial charge is 0.337 e. The third-order valence-corrected chi connectivity index (χ3v) is 4.73. The van der Waals surface area contributed by atoms with Gasteiger partial charge >= 0.3 is 5.97 Å². The van der Waals surface area contributed by atoms with E-state index in [4.69, 9.17) is 0 Å². The van der Waals surface area contributed by atoms with Gasteiger partial charge in [0.05, 0.1) is 10.5 Å². The molecule has 0 bridgehead atoms. The van der Waals surface area contributed by atoms with E-state index in [2.05, 4.69) is 17.0 Å². The molecule has 1 rings (SSSR count). The normalized spacial score (nSPS) is 11.7. The van der Waals surface area contributed by atoms with Crippen molar-refractivity contribution >= 4 is 21.7 Å². The van der Waals surface area contributed by atoms with Crippen molar-refractivity contribution in [2.24, 2.45) is 5.92 Å². The summed E-state index contributed by atoms with van der Waals surface area (Å²) in [6.07, 6.45) is 3.07. The van der Waals surface area contributed by atoms with Crippen LogP contribution in [0, 0.1) is 5.92 Å². The van der Waals surface area contributed by atoms with Gasteiger partial charge in [0.2, 0.25) is 10.0 Å². The van der Waals surface area contributed by atoms with Crippen LogP contribution in [0.15, 0.2) is 23.1 Å². The highest BCUT2D eigenvalue weighted by Crippen LogP contribution is 2.21. The highest BCUT2D eigenvalue weighted by molar-refractivity contribution is 7.89. The van der Waals surface area contributed by atoms with Crippen LogP contribution in [0.25, 0.3) is 0 Å². The number of rotatable bonds is 10. The number of benzene rings is 1. The summed E-state index contributed by atoms with van der Waals surface area (Å²) in [5, 5.41) is 12.4. The van der Waals surface area contributed by atoms with E-state index in [-0.39, 0.29) is 16.4 Å². The summed E-state index contributed by atoms with van der Waals surface area (Å²) in [6, 6.07) is 4.14. The zero-order valence-corrected chi connectivity index (χ0v) is 14.7. The Labute approximate surface area is 138 Å². The standard InChI is InChI=1S/C16H26N2O4S/c1-4-5-6-9-17-15-8-7-13(10-14(15)16(19)20)23(21,22)18-11-12(2)3/h7-8,10,12,17-18H,4-6,9,11H2,1-3H3,(H,19,20). The van der Waals surface area contributed by atoms with E-state index in [9.17, 15) is 18.3 Å². The summed E-state index contributed by atoms with van der Waals surface area (Å²) in [5.74, 6) is -0.980. The minimum absolute atomic E-state index is 0.0327. The van der Waals surface area contributed by atoms with Gasteiger partial charge < -0.3 is 10.4 Å². The second-order valence-corrected chi connectivity index (χ2v) is 7.66. The van der Waals surface area contributed by atoms with E-state index in [1.165, 1.54) is 18.2 Å². The molecule has 0 atom stereocenters. The van der Waals surface area contributed by atoms with E-state index in [0.717, 1.165) is 19.3 Å². The van der Waals surface area contributed by atoms with E-state index >= 15 is 0 Å². The van der Waals surface area contributed by atoms with Crippen LogP contribution < -0.4 is 10.0 Å². The van der Waals surface area contributed by atoms with Crippen LogP contribution in [0.5, 0.6) is 0 Å². The molecule has 0 amide bonds. The first-order valence-electron chi connectivity index (χ1n) is 7.88. The summed E-state index contributed by atoms with van der Waals surface area (Å²) in [7, 11) is -3.70. The number of carboxylic acids is 1. The Morgan fingerprint density at radius 2 is 1.96 bits per heavy atom. The number of hydrogen-bond donors (Lipinski definition) is 3. The predicted octanol–water partition coefficient (Wildman–Crippen LogP) is 2.92. The molecule has 0 unspecified atom stereocenters. The Balaban J connectivity index is 2.96. The largest absolute Gasteiger partial charge is 0.478 e. The van der Waals surface area contributed by atoms with E-state index in [1.54, 1.807) is 0 Å². The molecule has 6 nitrogen and oxygen atoms in total. The van der Waals surface area contributed by atoms with Crippen molar-refractivity contribution in [2.45, 2.75) is 44.9 Å². The second-order valence-electron chi connectivity index (χ2n) is 5.89. The Morgan fingerprint density at radius 1 is 1.26 bits per heavy atom. The zero-order chi connectivity index (χ0) is 17.5. The lowest BCUT2D eigenvalue weighted by molar-refractivity contribution is 0.0697. The third kappa shape index (κ3) is 6.19. The molecule has 0 radical (unpaired) electrons. The SMILES string of the molecule is CCCCCNc1ccc(S(=O)(=O)NCC(C)C)cc1C(=O)O. The van der Waals surface area contributed by atoms with Crippen LogP contribution in [-0.2, 0) is 10.0 Å². The van der Waals surface area contributed by atoms with Crippen molar-refractivity contribution < 1.29 is 18.3 Å². The lowest BCUT2D eigenvalue weighted by atomic mass is 10.1. The molecule has 1 aromatic carbocycles. The maximum absolute atomic E-state index is 12.2. The number of anilines is 1. The maximum Gasteiger partial charge on any atom is 0.337 e. The van der Waals surface area contributed by atoms with E-state index in [1.807, 2.05) is 13.8 Å². The molecule has 0 aliphatic rings. The van der Waals surface area contributed by atoms with Crippen molar-refractivity contribution in [3.8, 4) is 0 Å². The van der Waals surface area contributed by atoms with Gasteiger partial charge in [-0.1, -0.05) is 33.6 Å². The molecule has 1 aromatic rings. The number of hydrogen-bond acceptors (Lipinski definition) is 4. The molecule has 0 spiro atoms. The van der Waals surface area contributed by atoms with E-state index < -0.39 is 16.0 Å². The monoisotopic (exact) mass is 342 g/mol. The van der Waals surface area contributed by atoms with Crippen LogP contribution in [0.1, 0.15) is 50.4 Å². The van der Waals surface area contributed by atoms with E-state index in [0.29, 0.717) is 18.8 Å². The van der Waals surface area contributed by atoms with Gasteiger partial charge in [-0.3, -0.25) is 0 Å². The molecule has 23 heavy (non-hydrogen) atoms. The fourth-order valence-corrected chi connectivity index (χ4v) is 3.22. The van der Waals surface area contributed by atoms with Crippen molar-refractivity contribution in [1.29, 1.82) is 0 Å². The molecule has 0 fully saturated rings. The average molecular weight is 342 g/mol. The summed E-state index contributed by atoms with van der Waals surface area (Å²) < 4.78 is 26.9. The number of carboxylic acid groups (broad SMARTS) is 1. The highest BCUT2D eigenvalue weighted by Gasteiger charge is 2.19. The fourth-order valence-electron chi connectivity index (χ4n) is 1.98. The first kappa shape index (κ1) is 19.4. The molecule has 0 saturated carbocycles. The number of carbonyl (C=O) groups is 1. The lowest BCUT2D eigenvalue weighted by Crippen LogP contribution is -2.27. The quantitative estimate of drug-likeness (QED) is 0.568. The molecule has 0 aliphatic carbocycles. The molecule has 0 aromatic heterocycles. The van der Waals surface area contributed by atoms with Crippen molar-refractivity contribution in [3.05, 3.63) is 23.8 Å². The molecule has 0 aliphatic heterocycles. The maximum atomic E-state index is 12.2. The minimum Gasteiger partial charge on any atom is -0.478 e. The molecule has 0 heterocycles. The van der Waals surface area contributed by atoms with Gasteiger partial charge in [0.1, 0.15) is 0 Å². The van der Waals surface area contributed by atoms with Crippen molar-refractivity contribution in [1.82, 2.24) is 4.72 Å². The summed E-state index contributed by atoms with van der Waals surface area (Å²) >= 11 is 0. The Hall–Kier alpha value is -1.60.